The molecule has 1 rings (SSSR count). The van der Waals surface area contributed by atoms with E-state index in [2.05, 4.69) is 15.6 Å². The molecule has 0 aliphatic rings. The van der Waals surface area contributed by atoms with Crippen molar-refractivity contribution in [2.75, 3.05) is 19.3 Å². The van der Waals surface area contributed by atoms with Crippen LogP contribution in [-0.4, -0.2) is 38.5 Å². The van der Waals surface area contributed by atoms with Gasteiger partial charge in [-0.05, 0) is 38.5 Å². The summed E-state index contributed by atoms with van der Waals surface area (Å²) in [5.41, 5.74) is -0.314. The number of nitrogens with one attached hydrogen (secondary N) is 2. The molecule has 150 valence electrons. The molecule has 2 N–H and O–H groups in total. The van der Waals surface area contributed by atoms with Crippen LogP contribution in [0, 0.1) is 0 Å². The van der Waals surface area contributed by atoms with Gasteiger partial charge in [-0.1, -0.05) is 12.1 Å². The number of hydrogen-bond donors (Lipinski definition) is 2. The molecule has 0 saturated carbocycles. The fraction of sp³-hybridized carbons (Fsp3) is 0.562. The van der Waals surface area contributed by atoms with E-state index >= 15 is 0 Å². The number of nitrogens with zero attached hydrogens (tertiary/aromatic N) is 1. The van der Waals surface area contributed by atoms with Gasteiger partial charge >= 0.3 is 6.18 Å². The number of guanidine groups is 1. The van der Waals surface area contributed by atoms with Crippen LogP contribution in [0.5, 0.6) is 0 Å². The molecule has 10 heteroatoms. The maximum Gasteiger partial charge on any atom is 0.416 e. The van der Waals surface area contributed by atoms with E-state index in [9.17, 15) is 21.6 Å². The molecule has 1 aromatic carbocycles. The summed E-state index contributed by atoms with van der Waals surface area (Å²) >= 11 is 0. The van der Waals surface area contributed by atoms with Crippen molar-refractivity contribution in [1.82, 2.24) is 10.6 Å². The molecular weight excluding hydrogens is 482 g/mol. The molecule has 0 amide bonds. The Labute approximate surface area is 169 Å². The normalized spacial score (nSPS) is 13.1. The first kappa shape index (κ1) is 25.0. The van der Waals surface area contributed by atoms with E-state index in [1.54, 1.807) is 19.9 Å². The third-order valence-electron chi connectivity index (χ3n) is 3.70. The molecule has 0 fully saturated rings. The molecule has 5 nitrogen and oxygen atoms in total. The Morgan fingerprint density at radius 1 is 1.19 bits per heavy atom. The second kappa shape index (κ2) is 9.77. The lowest BCUT2D eigenvalue weighted by atomic mass is 10.1. The zero-order valence-electron chi connectivity index (χ0n) is 15.1. The average Bonchev–Trinajstić information content (AvgIpc) is 2.48. The van der Waals surface area contributed by atoms with Gasteiger partial charge in [0.15, 0.2) is 15.8 Å². The van der Waals surface area contributed by atoms with Crippen LogP contribution < -0.4 is 10.6 Å². The number of benzene rings is 1. The lowest BCUT2D eigenvalue weighted by Crippen LogP contribution is -2.47. The summed E-state index contributed by atoms with van der Waals surface area (Å²) in [5, 5.41) is 5.86. The Hall–Kier alpha value is -1.04. The van der Waals surface area contributed by atoms with Gasteiger partial charge in [0.25, 0.3) is 0 Å². The van der Waals surface area contributed by atoms with Crippen molar-refractivity contribution in [3.05, 3.63) is 35.4 Å². The number of hydrogen-bond acceptors (Lipinski definition) is 3. The highest BCUT2D eigenvalue weighted by atomic mass is 127. The van der Waals surface area contributed by atoms with E-state index in [1.807, 2.05) is 6.92 Å². The van der Waals surface area contributed by atoms with E-state index in [0.29, 0.717) is 18.1 Å². The molecule has 0 atom stereocenters. The van der Waals surface area contributed by atoms with Crippen LogP contribution in [0.2, 0.25) is 0 Å². The quantitative estimate of drug-likeness (QED) is 0.353. The summed E-state index contributed by atoms with van der Waals surface area (Å²) in [7, 11) is -3.27. The molecule has 0 aliphatic carbocycles. The third kappa shape index (κ3) is 7.68. The first-order chi connectivity index (χ1) is 11.4. The average molecular weight is 507 g/mol. The van der Waals surface area contributed by atoms with Crippen molar-refractivity contribution < 1.29 is 21.6 Å². The molecular formula is C16H25F3IN3O2S. The zero-order valence-corrected chi connectivity index (χ0v) is 18.3. The van der Waals surface area contributed by atoms with Gasteiger partial charge in [-0.15, -0.1) is 24.0 Å². The van der Waals surface area contributed by atoms with Crippen LogP contribution in [0.4, 0.5) is 13.2 Å². The lowest BCUT2D eigenvalue weighted by Gasteiger charge is -2.24. The summed E-state index contributed by atoms with van der Waals surface area (Å²) in [6.45, 7) is 5.72. The first-order valence-electron chi connectivity index (χ1n) is 7.75. The van der Waals surface area contributed by atoms with Crippen LogP contribution >= 0.6 is 24.0 Å². The molecule has 0 saturated heterocycles. The summed E-state index contributed by atoms with van der Waals surface area (Å²) in [6.07, 6.45) is -3.25. The Morgan fingerprint density at radius 3 is 2.31 bits per heavy atom. The van der Waals surface area contributed by atoms with Crippen LogP contribution in [0.1, 0.15) is 31.9 Å². The summed E-state index contributed by atoms with van der Waals surface area (Å²) < 4.78 is 60.7. The smallest absolute Gasteiger partial charge is 0.357 e. The van der Waals surface area contributed by atoms with Crippen molar-refractivity contribution >= 4 is 39.8 Å². The fourth-order valence-electron chi connectivity index (χ4n) is 1.79. The summed E-state index contributed by atoms with van der Waals surface area (Å²) in [4.78, 5) is 4.22. The minimum absolute atomic E-state index is 0. The van der Waals surface area contributed by atoms with Crippen LogP contribution in [-0.2, 0) is 22.6 Å². The second-order valence-electron chi connectivity index (χ2n) is 6.28. The van der Waals surface area contributed by atoms with Gasteiger partial charge in [-0.2, -0.15) is 13.2 Å². The van der Waals surface area contributed by atoms with Crippen molar-refractivity contribution in [3.63, 3.8) is 0 Å². The van der Waals surface area contributed by atoms with Crippen molar-refractivity contribution in [2.45, 2.75) is 38.2 Å². The van der Waals surface area contributed by atoms with E-state index in [1.165, 1.54) is 6.07 Å². The molecule has 0 bridgehead atoms. The molecule has 26 heavy (non-hydrogen) atoms. The molecule has 0 radical (unpaired) electrons. The predicted octanol–water partition coefficient (Wildman–Crippen LogP) is 3.20. The Balaban J connectivity index is 0.00000625. The van der Waals surface area contributed by atoms with Crippen LogP contribution in [0.3, 0.4) is 0 Å². The van der Waals surface area contributed by atoms with Gasteiger partial charge in [0.1, 0.15) is 0 Å². The van der Waals surface area contributed by atoms with E-state index in [-0.39, 0.29) is 37.1 Å². The van der Waals surface area contributed by atoms with Gasteiger partial charge in [0.2, 0.25) is 0 Å². The van der Waals surface area contributed by atoms with Gasteiger partial charge in [-0.3, -0.25) is 0 Å². The Bertz CT molecular complexity index is 720. The minimum atomic E-state index is -4.40. The number of alkyl halides is 3. The monoisotopic (exact) mass is 507 g/mol. The Kier molecular flexibility index (Phi) is 9.38. The first-order valence-corrected chi connectivity index (χ1v) is 9.64. The van der Waals surface area contributed by atoms with Gasteiger partial charge in [0, 0.05) is 19.3 Å². The molecule has 1 aromatic rings. The summed E-state index contributed by atoms with van der Waals surface area (Å²) in [5.74, 6) is 0.344. The fourth-order valence-corrected chi connectivity index (χ4v) is 2.12. The van der Waals surface area contributed by atoms with E-state index < -0.39 is 26.3 Å². The number of sulfone groups is 1. The molecule has 0 aliphatic heterocycles. The highest BCUT2D eigenvalue weighted by Crippen LogP contribution is 2.29. The maximum absolute atomic E-state index is 12.7. The summed E-state index contributed by atoms with van der Waals surface area (Å²) in [6, 6.07) is 4.95. The molecule has 0 spiro atoms. The highest BCUT2D eigenvalue weighted by molar-refractivity contribution is 14.0. The predicted molar refractivity (Wildman–Crippen MR) is 109 cm³/mol. The minimum Gasteiger partial charge on any atom is -0.357 e. The number of halogens is 4. The number of rotatable bonds is 6. The van der Waals surface area contributed by atoms with Crippen molar-refractivity contribution in [3.8, 4) is 0 Å². The topological polar surface area (TPSA) is 70.6 Å². The lowest BCUT2D eigenvalue weighted by molar-refractivity contribution is -0.137. The zero-order chi connectivity index (χ0) is 19.3. The third-order valence-corrected chi connectivity index (χ3v) is 5.86. The van der Waals surface area contributed by atoms with Gasteiger partial charge in [0.05, 0.1) is 16.9 Å². The highest BCUT2D eigenvalue weighted by Gasteiger charge is 2.31. The second-order valence-corrected chi connectivity index (χ2v) is 8.93. The van der Waals surface area contributed by atoms with Crippen LogP contribution in [0.15, 0.2) is 29.3 Å². The maximum atomic E-state index is 12.7. The Morgan fingerprint density at radius 2 is 1.81 bits per heavy atom. The van der Waals surface area contributed by atoms with Crippen molar-refractivity contribution in [2.24, 2.45) is 4.99 Å². The van der Waals surface area contributed by atoms with E-state index in [4.69, 9.17) is 0 Å². The van der Waals surface area contributed by atoms with E-state index in [0.717, 1.165) is 18.4 Å². The van der Waals surface area contributed by atoms with Gasteiger partial charge in [-0.25, -0.2) is 13.4 Å². The SMILES string of the molecule is CCNC(=NCc1cccc(C(F)(F)F)c1)NCC(C)(C)S(C)(=O)=O.I. The molecule has 0 aromatic heterocycles. The molecule has 0 heterocycles. The van der Waals surface area contributed by atoms with Gasteiger partial charge < -0.3 is 10.6 Å². The van der Waals surface area contributed by atoms with Crippen LogP contribution in [0.25, 0.3) is 0 Å². The molecule has 0 unspecified atom stereocenters. The largest absolute Gasteiger partial charge is 0.416 e. The standard InChI is InChI=1S/C16H24F3N3O2S.HI/c1-5-20-14(22-11-15(2,3)25(4,23)24)21-10-12-7-6-8-13(9-12)16(17,18)19;/h6-9H,5,10-11H2,1-4H3,(H2,20,21,22);1H. The number of aliphatic imine (C=N–C) groups is 1. The van der Waals surface area contributed by atoms with Crippen molar-refractivity contribution in [1.29, 1.82) is 0 Å².